The molecular weight excluding hydrogens is 212 g/mol. The minimum atomic E-state index is 0.324. The summed E-state index contributed by atoms with van der Waals surface area (Å²) >= 11 is 0. The van der Waals surface area contributed by atoms with Crippen LogP contribution in [0.2, 0.25) is 0 Å². The van der Waals surface area contributed by atoms with Gasteiger partial charge in [0.05, 0.1) is 12.3 Å². The third kappa shape index (κ3) is 2.16. The van der Waals surface area contributed by atoms with E-state index in [9.17, 15) is 0 Å². The van der Waals surface area contributed by atoms with Crippen molar-refractivity contribution in [2.24, 2.45) is 0 Å². The van der Waals surface area contributed by atoms with Gasteiger partial charge in [-0.15, -0.1) is 0 Å². The number of benzene rings is 1. The second-order valence-corrected chi connectivity index (χ2v) is 4.81. The number of rotatable bonds is 1. The van der Waals surface area contributed by atoms with Gasteiger partial charge in [-0.2, -0.15) is 0 Å². The SMILES string of the molecule is CC1Nc2ccccc2C(N2CCNCC2)N1. The van der Waals surface area contributed by atoms with Crippen LogP contribution in [0.3, 0.4) is 0 Å². The molecule has 0 bridgehead atoms. The molecule has 0 amide bonds. The molecule has 0 saturated carbocycles. The van der Waals surface area contributed by atoms with E-state index in [4.69, 9.17) is 0 Å². The Labute approximate surface area is 102 Å². The van der Waals surface area contributed by atoms with Crippen LogP contribution in [0.4, 0.5) is 5.69 Å². The average molecular weight is 232 g/mol. The maximum absolute atomic E-state index is 3.63. The lowest BCUT2D eigenvalue weighted by atomic mass is 10.1. The molecular formula is C13H20N4. The summed E-state index contributed by atoms with van der Waals surface area (Å²) in [5, 5.41) is 10.5. The van der Waals surface area contributed by atoms with Crippen LogP contribution in [-0.2, 0) is 0 Å². The van der Waals surface area contributed by atoms with Gasteiger partial charge in [0.15, 0.2) is 0 Å². The maximum atomic E-state index is 3.63. The number of piperazine rings is 1. The van der Waals surface area contributed by atoms with Crippen LogP contribution in [0.15, 0.2) is 24.3 Å². The number of hydrogen-bond acceptors (Lipinski definition) is 4. The van der Waals surface area contributed by atoms with Crippen molar-refractivity contribution in [1.82, 2.24) is 15.5 Å². The van der Waals surface area contributed by atoms with E-state index in [1.807, 2.05) is 0 Å². The Bertz CT molecular complexity index is 387. The fourth-order valence-corrected chi connectivity index (χ4v) is 2.71. The summed E-state index contributed by atoms with van der Waals surface area (Å²) in [7, 11) is 0. The molecule has 1 saturated heterocycles. The first-order chi connectivity index (χ1) is 8.34. The Balaban J connectivity index is 1.88. The number of anilines is 1. The average Bonchev–Trinajstić information content (AvgIpc) is 2.39. The summed E-state index contributed by atoms with van der Waals surface area (Å²) in [4.78, 5) is 2.52. The molecule has 0 aromatic heterocycles. The Morgan fingerprint density at radius 3 is 2.76 bits per heavy atom. The van der Waals surface area contributed by atoms with Gasteiger partial charge in [0.25, 0.3) is 0 Å². The molecule has 17 heavy (non-hydrogen) atoms. The fraction of sp³-hybridized carbons (Fsp3) is 0.538. The molecule has 0 aliphatic carbocycles. The van der Waals surface area contributed by atoms with E-state index in [-0.39, 0.29) is 0 Å². The zero-order chi connectivity index (χ0) is 11.7. The van der Waals surface area contributed by atoms with Crippen LogP contribution in [0.1, 0.15) is 18.7 Å². The van der Waals surface area contributed by atoms with Gasteiger partial charge in [-0.3, -0.25) is 10.2 Å². The molecule has 1 aromatic carbocycles. The summed E-state index contributed by atoms with van der Waals surface area (Å²) in [5.41, 5.74) is 2.63. The van der Waals surface area contributed by atoms with Gasteiger partial charge in [0.2, 0.25) is 0 Å². The summed E-state index contributed by atoms with van der Waals surface area (Å²) in [6.45, 7) is 6.56. The second-order valence-electron chi connectivity index (χ2n) is 4.81. The first-order valence-corrected chi connectivity index (χ1v) is 6.41. The molecule has 3 rings (SSSR count). The summed E-state index contributed by atoms with van der Waals surface area (Å²) in [6, 6.07) is 8.60. The molecule has 1 fully saturated rings. The zero-order valence-electron chi connectivity index (χ0n) is 10.2. The molecule has 2 aliphatic rings. The van der Waals surface area contributed by atoms with Crippen molar-refractivity contribution in [2.45, 2.75) is 19.3 Å². The van der Waals surface area contributed by atoms with Crippen LogP contribution >= 0.6 is 0 Å². The lowest BCUT2D eigenvalue weighted by Crippen LogP contribution is -2.53. The van der Waals surface area contributed by atoms with Crippen molar-refractivity contribution in [2.75, 3.05) is 31.5 Å². The third-order valence-corrected chi connectivity index (χ3v) is 3.55. The quantitative estimate of drug-likeness (QED) is 0.674. The van der Waals surface area contributed by atoms with Crippen LogP contribution in [0, 0.1) is 0 Å². The lowest BCUT2D eigenvalue weighted by molar-refractivity contribution is 0.135. The normalized spacial score (nSPS) is 29.5. The molecule has 4 nitrogen and oxygen atoms in total. The van der Waals surface area contributed by atoms with E-state index in [0.29, 0.717) is 12.3 Å². The molecule has 2 atom stereocenters. The number of nitrogens with one attached hydrogen (secondary N) is 3. The van der Waals surface area contributed by atoms with Crippen LogP contribution < -0.4 is 16.0 Å². The molecule has 2 unspecified atom stereocenters. The molecule has 2 aliphatic heterocycles. The summed E-state index contributed by atoms with van der Waals surface area (Å²) < 4.78 is 0. The van der Waals surface area contributed by atoms with Crippen molar-refractivity contribution in [3.63, 3.8) is 0 Å². The van der Waals surface area contributed by atoms with Gasteiger partial charge in [-0.05, 0) is 13.0 Å². The highest BCUT2D eigenvalue weighted by atomic mass is 15.3. The Hall–Kier alpha value is -1.10. The minimum Gasteiger partial charge on any atom is -0.370 e. The largest absolute Gasteiger partial charge is 0.370 e. The van der Waals surface area contributed by atoms with E-state index in [2.05, 4.69) is 52.0 Å². The van der Waals surface area contributed by atoms with Gasteiger partial charge in [0, 0.05) is 37.4 Å². The van der Waals surface area contributed by atoms with Gasteiger partial charge < -0.3 is 10.6 Å². The third-order valence-electron chi connectivity index (χ3n) is 3.55. The molecule has 0 radical (unpaired) electrons. The predicted molar refractivity (Wildman–Crippen MR) is 69.8 cm³/mol. The van der Waals surface area contributed by atoms with E-state index in [1.54, 1.807) is 0 Å². The lowest BCUT2D eigenvalue weighted by Gasteiger charge is -2.41. The van der Waals surface area contributed by atoms with Gasteiger partial charge >= 0.3 is 0 Å². The smallest absolute Gasteiger partial charge is 0.0897 e. The summed E-state index contributed by atoms with van der Waals surface area (Å²) in [6.07, 6.45) is 0.675. The fourth-order valence-electron chi connectivity index (χ4n) is 2.71. The van der Waals surface area contributed by atoms with Crippen LogP contribution in [0.5, 0.6) is 0 Å². The van der Waals surface area contributed by atoms with Crippen LogP contribution in [0.25, 0.3) is 0 Å². The number of fused-ring (bicyclic) bond motifs is 1. The minimum absolute atomic E-state index is 0.324. The Kier molecular flexibility index (Phi) is 3.01. The summed E-state index contributed by atoms with van der Waals surface area (Å²) in [5.74, 6) is 0. The van der Waals surface area contributed by atoms with Gasteiger partial charge in [-0.25, -0.2) is 0 Å². The molecule has 92 valence electrons. The molecule has 0 spiro atoms. The first-order valence-electron chi connectivity index (χ1n) is 6.41. The van der Waals surface area contributed by atoms with Crippen LogP contribution in [-0.4, -0.2) is 37.2 Å². The topological polar surface area (TPSA) is 39.3 Å². The van der Waals surface area contributed by atoms with Crippen molar-refractivity contribution >= 4 is 5.69 Å². The highest BCUT2D eigenvalue weighted by molar-refractivity contribution is 5.54. The highest BCUT2D eigenvalue weighted by Gasteiger charge is 2.28. The Morgan fingerprint density at radius 1 is 1.18 bits per heavy atom. The molecule has 1 aromatic rings. The second kappa shape index (κ2) is 4.64. The van der Waals surface area contributed by atoms with E-state index >= 15 is 0 Å². The molecule has 2 heterocycles. The molecule has 4 heteroatoms. The number of hydrogen-bond donors (Lipinski definition) is 3. The first kappa shape index (κ1) is 11.0. The predicted octanol–water partition coefficient (Wildman–Crippen LogP) is 0.951. The van der Waals surface area contributed by atoms with E-state index in [1.165, 1.54) is 11.3 Å². The molecule has 3 N–H and O–H groups in total. The van der Waals surface area contributed by atoms with Crippen molar-refractivity contribution < 1.29 is 0 Å². The van der Waals surface area contributed by atoms with Gasteiger partial charge in [-0.1, -0.05) is 18.2 Å². The van der Waals surface area contributed by atoms with Crippen molar-refractivity contribution in [1.29, 1.82) is 0 Å². The monoisotopic (exact) mass is 232 g/mol. The van der Waals surface area contributed by atoms with E-state index < -0.39 is 0 Å². The number of para-hydroxylation sites is 1. The van der Waals surface area contributed by atoms with Gasteiger partial charge in [0.1, 0.15) is 0 Å². The highest BCUT2D eigenvalue weighted by Crippen LogP contribution is 2.30. The Morgan fingerprint density at radius 2 is 1.94 bits per heavy atom. The zero-order valence-corrected chi connectivity index (χ0v) is 10.2. The van der Waals surface area contributed by atoms with Crippen molar-refractivity contribution in [3.8, 4) is 0 Å². The van der Waals surface area contributed by atoms with E-state index in [0.717, 1.165) is 26.2 Å². The van der Waals surface area contributed by atoms with Crippen molar-refractivity contribution in [3.05, 3.63) is 29.8 Å². The number of nitrogens with zero attached hydrogens (tertiary/aromatic N) is 1. The standard InChI is InChI=1S/C13H20N4/c1-10-15-12-5-3-2-4-11(12)13(16-10)17-8-6-14-7-9-17/h2-5,10,13-16H,6-9H2,1H3. The maximum Gasteiger partial charge on any atom is 0.0897 e.